The van der Waals surface area contributed by atoms with Gasteiger partial charge in [-0.2, -0.15) is 0 Å². The summed E-state index contributed by atoms with van der Waals surface area (Å²) in [4.78, 5) is 0. The molecule has 1 aromatic carbocycles. The summed E-state index contributed by atoms with van der Waals surface area (Å²) < 4.78 is 11.2. The van der Waals surface area contributed by atoms with Gasteiger partial charge in [0.1, 0.15) is 0 Å². The summed E-state index contributed by atoms with van der Waals surface area (Å²) in [6.45, 7) is 0.728. The Morgan fingerprint density at radius 3 is 2.39 bits per heavy atom. The molecule has 1 aromatic rings. The summed E-state index contributed by atoms with van der Waals surface area (Å²) in [6, 6.07) is 4.23. The SMILES string of the molecule is COc1ccc2c(c1OC)C[C@@H](C1CCCCC1)C[C@H]2CN.Cl. The Morgan fingerprint density at radius 2 is 1.78 bits per heavy atom. The highest BCUT2D eigenvalue weighted by Crippen LogP contribution is 2.47. The zero-order chi connectivity index (χ0) is 15.5. The van der Waals surface area contributed by atoms with Crippen molar-refractivity contribution >= 4 is 12.4 Å². The van der Waals surface area contributed by atoms with Gasteiger partial charge in [0.05, 0.1) is 14.2 Å². The van der Waals surface area contributed by atoms with E-state index in [-0.39, 0.29) is 12.4 Å². The molecule has 2 atom stereocenters. The Labute approximate surface area is 146 Å². The largest absolute Gasteiger partial charge is 0.493 e. The second-order valence-electron chi connectivity index (χ2n) is 6.90. The molecule has 0 heterocycles. The third-order valence-corrected chi connectivity index (χ3v) is 5.78. The molecule has 0 saturated heterocycles. The first-order valence-corrected chi connectivity index (χ1v) is 8.72. The van der Waals surface area contributed by atoms with Crippen molar-refractivity contribution in [3.8, 4) is 11.5 Å². The van der Waals surface area contributed by atoms with Crippen LogP contribution in [0.3, 0.4) is 0 Å². The van der Waals surface area contributed by atoms with Crippen molar-refractivity contribution in [2.45, 2.75) is 50.9 Å². The van der Waals surface area contributed by atoms with E-state index >= 15 is 0 Å². The van der Waals surface area contributed by atoms with E-state index in [1.165, 1.54) is 49.7 Å². The summed E-state index contributed by atoms with van der Waals surface area (Å²) in [6.07, 6.45) is 9.36. The second-order valence-corrected chi connectivity index (χ2v) is 6.90. The first kappa shape index (κ1) is 18.4. The molecule has 2 N–H and O–H groups in total. The van der Waals surface area contributed by atoms with Gasteiger partial charge in [-0.05, 0) is 48.8 Å². The lowest BCUT2D eigenvalue weighted by Crippen LogP contribution is -2.30. The minimum absolute atomic E-state index is 0. The van der Waals surface area contributed by atoms with Crippen LogP contribution in [0.1, 0.15) is 55.6 Å². The lowest BCUT2D eigenvalue weighted by Gasteiger charge is -2.38. The second kappa shape index (κ2) is 8.25. The van der Waals surface area contributed by atoms with E-state index in [2.05, 4.69) is 6.07 Å². The number of rotatable bonds is 4. The van der Waals surface area contributed by atoms with Crippen LogP contribution in [0.4, 0.5) is 0 Å². The topological polar surface area (TPSA) is 44.5 Å². The highest BCUT2D eigenvalue weighted by molar-refractivity contribution is 5.85. The summed E-state index contributed by atoms with van der Waals surface area (Å²) in [5, 5.41) is 0. The molecule has 0 bridgehead atoms. The van der Waals surface area contributed by atoms with E-state index in [4.69, 9.17) is 15.2 Å². The van der Waals surface area contributed by atoms with Crippen LogP contribution in [0.2, 0.25) is 0 Å². The quantitative estimate of drug-likeness (QED) is 0.888. The smallest absolute Gasteiger partial charge is 0.164 e. The number of methoxy groups -OCH3 is 2. The van der Waals surface area contributed by atoms with Gasteiger partial charge >= 0.3 is 0 Å². The zero-order valence-electron chi connectivity index (χ0n) is 14.3. The van der Waals surface area contributed by atoms with Crippen molar-refractivity contribution < 1.29 is 9.47 Å². The Hall–Kier alpha value is -0.930. The fourth-order valence-electron chi connectivity index (χ4n) is 4.62. The van der Waals surface area contributed by atoms with E-state index < -0.39 is 0 Å². The minimum atomic E-state index is 0. The third-order valence-electron chi connectivity index (χ3n) is 5.78. The number of ether oxygens (including phenoxy) is 2. The van der Waals surface area contributed by atoms with Crippen LogP contribution in [0.15, 0.2) is 12.1 Å². The molecule has 2 aliphatic rings. The standard InChI is InChI=1S/C19H29NO2.ClH/c1-21-18-9-8-16-15(12-20)10-14(11-17(16)19(18)22-2)13-6-4-3-5-7-13;/h8-9,13-15H,3-7,10-12,20H2,1-2H3;1H/t14-,15-;/m0./s1. The lowest BCUT2D eigenvalue weighted by atomic mass is 9.68. The van der Waals surface area contributed by atoms with Crippen molar-refractivity contribution in [3.63, 3.8) is 0 Å². The number of benzene rings is 1. The monoisotopic (exact) mass is 339 g/mol. The van der Waals surface area contributed by atoms with Gasteiger partial charge in [-0.15, -0.1) is 12.4 Å². The average Bonchev–Trinajstić information content (AvgIpc) is 2.60. The maximum absolute atomic E-state index is 6.10. The van der Waals surface area contributed by atoms with Crippen molar-refractivity contribution in [2.75, 3.05) is 20.8 Å². The minimum Gasteiger partial charge on any atom is -0.493 e. The average molecular weight is 340 g/mol. The van der Waals surface area contributed by atoms with Gasteiger partial charge in [0.15, 0.2) is 11.5 Å². The van der Waals surface area contributed by atoms with Gasteiger partial charge in [0.25, 0.3) is 0 Å². The predicted octanol–water partition coefficient (Wildman–Crippen LogP) is 4.31. The molecule has 2 aliphatic carbocycles. The summed E-state index contributed by atoms with van der Waals surface area (Å²) >= 11 is 0. The van der Waals surface area contributed by atoms with Crippen molar-refractivity contribution in [2.24, 2.45) is 17.6 Å². The Bertz CT molecular complexity index is 514. The van der Waals surface area contributed by atoms with Crippen LogP contribution < -0.4 is 15.2 Å². The maximum atomic E-state index is 6.10. The molecule has 0 unspecified atom stereocenters. The van der Waals surface area contributed by atoms with Gasteiger partial charge in [-0.3, -0.25) is 0 Å². The van der Waals surface area contributed by atoms with Crippen LogP contribution in [-0.2, 0) is 6.42 Å². The summed E-state index contributed by atoms with van der Waals surface area (Å²) in [5.74, 6) is 3.87. The Kier molecular flexibility index (Phi) is 6.60. The van der Waals surface area contributed by atoms with Gasteiger partial charge < -0.3 is 15.2 Å². The number of hydrogen-bond acceptors (Lipinski definition) is 3. The molecule has 130 valence electrons. The Morgan fingerprint density at radius 1 is 1.04 bits per heavy atom. The number of hydrogen-bond donors (Lipinski definition) is 1. The number of halogens is 1. The molecule has 0 spiro atoms. The first-order chi connectivity index (χ1) is 10.8. The highest BCUT2D eigenvalue weighted by atomic mass is 35.5. The zero-order valence-corrected chi connectivity index (χ0v) is 15.2. The fourth-order valence-corrected chi connectivity index (χ4v) is 4.62. The summed E-state index contributed by atoms with van der Waals surface area (Å²) in [7, 11) is 3.46. The van der Waals surface area contributed by atoms with Gasteiger partial charge in [0.2, 0.25) is 0 Å². The van der Waals surface area contributed by atoms with Crippen molar-refractivity contribution in [1.29, 1.82) is 0 Å². The molecule has 1 saturated carbocycles. The molecule has 0 aliphatic heterocycles. The predicted molar refractivity (Wildman–Crippen MR) is 97.0 cm³/mol. The van der Waals surface area contributed by atoms with E-state index in [1.54, 1.807) is 14.2 Å². The van der Waals surface area contributed by atoms with Gasteiger partial charge in [-0.25, -0.2) is 0 Å². The molecule has 3 rings (SSSR count). The van der Waals surface area contributed by atoms with Crippen LogP contribution in [-0.4, -0.2) is 20.8 Å². The van der Waals surface area contributed by atoms with Crippen LogP contribution in [0, 0.1) is 11.8 Å². The van der Waals surface area contributed by atoms with Crippen molar-refractivity contribution in [1.82, 2.24) is 0 Å². The van der Waals surface area contributed by atoms with E-state index in [0.717, 1.165) is 36.3 Å². The maximum Gasteiger partial charge on any atom is 0.164 e. The molecule has 0 amide bonds. The normalized spacial score (nSPS) is 24.5. The van der Waals surface area contributed by atoms with Crippen LogP contribution in [0.25, 0.3) is 0 Å². The van der Waals surface area contributed by atoms with Crippen molar-refractivity contribution in [3.05, 3.63) is 23.3 Å². The third kappa shape index (κ3) is 3.61. The Balaban J connectivity index is 0.00000192. The molecule has 0 aromatic heterocycles. The molecule has 1 fully saturated rings. The molecular weight excluding hydrogens is 310 g/mol. The highest BCUT2D eigenvalue weighted by Gasteiger charge is 2.34. The number of fused-ring (bicyclic) bond motifs is 1. The van der Waals surface area contributed by atoms with E-state index in [0.29, 0.717) is 5.92 Å². The number of nitrogens with two attached hydrogens (primary N) is 1. The van der Waals surface area contributed by atoms with Gasteiger partial charge in [-0.1, -0.05) is 38.2 Å². The van der Waals surface area contributed by atoms with Crippen LogP contribution in [0.5, 0.6) is 11.5 Å². The van der Waals surface area contributed by atoms with E-state index in [1.807, 2.05) is 6.07 Å². The molecular formula is C19H30ClNO2. The molecule has 23 heavy (non-hydrogen) atoms. The molecule has 3 nitrogen and oxygen atoms in total. The fraction of sp³-hybridized carbons (Fsp3) is 0.684. The van der Waals surface area contributed by atoms with E-state index in [9.17, 15) is 0 Å². The molecule has 0 radical (unpaired) electrons. The van der Waals surface area contributed by atoms with Gasteiger partial charge in [0, 0.05) is 5.56 Å². The molecule has 4 heteroatoms. The first-order valence-electron chi connectivity index (χ1n) is 8.72. The van der Waals surface area contributed by atoms with Crippen LogP contribution >= 0.6 is 12.4 Å². The lowest BCUT2D eigenvalue weighted by molar-refractivity contribution is 0.212. The summed E-state index contributed by atoms with van der Waals surface area (Å²) in [5.41, 5.74) is 8.83.